The normalized spacial score (nSPS) is 25.8. The highest BCUT2D eigenvalue weighted by atomic mass is 35.5. The predicted octanol–water partition coefficient (Wildman–Crippen LogP) is 8.80. The summed E-state index contributed by atoms with van der Waals surface area (Å²) in [6.45, 7) is 9.02. The van der Waals surface area contributed by atoms with Crippen molar-refractivity contribution >= 4 is 29.0 Å². The van der Waals surface area contributed by atoms with Crippen molar-refractivity contribution in [2.75, 3.05) is 19.0 Å². The second-order valence-corrected chi connectivity index (χ2v) is 14.7. The minimum Gasteiger partial charge on any atom is -0.493 e. The molecule has 46 heavy (non-hydrogen) atoms. The lowest BCUT2D eigenvalue weighted by Crippen LogP contribution is -2.53. The van der Waals surface area contributed by atoms with Crippen LogP contribution in [-0.4, -0.2) is 36.0 Å². The molecule has 1 unspecified atom stereocenters. The summed E-state index contributed by atoms with van der Waals surface area (Å²) in [5, 5.41) is 4.16. The van der Waals surface area contributed by atoms with Crippen LogP contribution >= 0.6 is 11.6 Å². The van der Waals surface area contributed by atoms with Crippen molar-refractivity contribution < 1.29 is 19.1 Å². The van der Waals surface area contributed by atoms with Crippen LogP contribution in [0, 0.1) is 18.8 Å². The summed E-state index contributed by atoms with van der Waals surface area (Å²) >= 11 is 6.31. The Bertz CT molecular complexity index is 1630. The predicted molar refractivity (Wildman–Crippen MR) is 183 cm³/mol. The molecule has 1 N–H and O–H groups in total. The van der Waals surface area contributed by atoms with Crippen molar-refractivity contribution in [2.24, 2.45) is 11.8 Å². The molecule has 3 aliphatic rings. The Balaban J connectivity index is 1.27. The number of ether oxygens (including phenoxy) is 2. The lowest BCUT2D eigenvalue weighted by atomic mass is 9.59. The molecule has 1 spiro atoms. The molecule has 6 rings (SSSR count). The molecule has 2 aromatic carbocycles. The molecular formula is C39H47ClN2O4. The second kappa shape index (κ2) is 13.0. The molecule has 1 aromatic heterocycles. The number of carbonyl (C=O) groups is 2. The number of benzene rings is 2. The molecule has 3 aromatic rings. The first-order valence-corrected chi connectivity index (χ1v) is 17.3. The van der Waals surface area contributed by atoms with Gasteiger partial charge < -0.3 is 14.8 Å². The average molecular weight is 643 g/mol. The second-order valence-electron chi connectivity index (χ2n) is 14.3. The third kappa shape index (κ3) is 6.05. The lowest BCUT2D eigenvalue weighted by molar-refractivity contribution is -0.148. The minimum atomic E-state index is -0.850. The van der Waals surface area contributed by atoms with Crippen molar-refractivity contribution in [2.45, 2.75) is 102 Å². The zero-order valence-corrected chi connectivity index (χ0v) is 28.6. The van der Waals surface area contributed by atoms with Crippen molar-refractivity contribution in [1.29, 1.82) is 0 Å². The van der Waals surface area contributed by atoms with Crippen LogP contribution in [0.1, 0.15) is 110 Å². The van der Waals surface area contributed by atoms with Crippen LogP contribution in [0.4, 0.5) is 5.69 Å². The van der Waals surface area contributed by atoms with Crippen LogP contribution in [0.3, 0.4) is 0 Å². The van der Waals surface area contributed by atoms with Gasteiger partial charge in [0.2, 0.25) is 0 Å². The molecule has 0 radical (unpaired) electrons. The largest absolute Gasteiger partial charge is 0.493 e. The van der Waals surface area contributed by atoms with Crippen molar-refractivity contribution in [3.8, 4) is 5.75 Å². The fraction of sp³-hybridized carbons (Fsp3) is 0.513. The summed E-state index contributed by atoms with van der Waals surface area (Å²) in [6, 6.07) is 13.8. The molecule has 1 fully saturated rings. The molecule has 0 aliphatic heterocycles. The molecule has 0 bridgehead atoms. The van der Waals surface area contributed by atoms with Crippen LogP contribution in [0.15, 0.2) is 48.7 Å². The summed E-state index contributed by atoms with van der Waals surface area (Å²) in [4.78, 5) is 30.7. The quantitative estimate of drug-likeness (QED) is 0.186. The Labute approximate surface area is 278 Å². The van der Waals surface area contributed by atoms with Crippen LogP contribution < -0.4 is 10.1 Å². The summed E-state index contributed by atoms with van der Waals surface area (Å²) in [5.41, 5.74) is 6.92. The van der Waals surface area contributed by atoms with Crippen LogP contribution in [0.2, 0.25) is 5.02 Å². The van der Waals surface area contributed by atoms with E-state index in [0.29, 0.717) is 42.2 Å². The molecule has 7 heteroatoms. The van der Waals surface area contributed by atoms with Gasteiger partial charge in [-0.1, -0.05) is 31.5 Å². The molecule has 6 nitrogen and oxygen atoms in total. The average Bonchev–Trinajstić information content (AvgIpc) is 3.33. The van der Waals surface area contributed by atoms with E-state index in [9.17, 15) is 9.59 Å². The number of aryl methyl sites for hydroxylation is 2. The molecular weight excluding hydrogens is 596 g/mol. The van der Waals surface area contributed by atoms with Gasteiger partial charge in [-0.25, -0.2) is 4.79 Å². The van der Waals surface area contributed by atoms with Crippen molar-refractivity contribution in [1.82, 2.24) is 4.98 Å². The van der Waals surface area contributed by atoms with Gasteiger partial charge in [0.05, 0.1) is 13.7 Å². The van der Waals surface area contributed by atoms with Gasteiger partial charge in [0.25, 0.3) is 0 Å². The van der Waals surface area contributed by atoms with E-state index in [1.165, 1.54) is 47.9 Å². The van der Waals surface area contributed by atoms with Gasteiger partial charge in [0.15, 0.2) is 5.78 Å². The maximum Gasteiger partial charge on any atom is 0.331 e. The number of carbonyl (C=O) groups excluding carboxylic acids is 2. The first kappa shape index (κ1) is 32.6. The van der Waals surface area contributed by atoms with Gasteiger partial charge in [0.1, 0.15) is 11.3 Å². The SMILES string of the molecule is COC(=O)C1(Nc2cccc(Cl)c2)CCC2(CC1)c1cc(C(C)=O)cc(C)c1CC2C[C@@H](C)COc1ccnc2c1[C@H](C)CCC2. The van der Waals surface area contributed by atoms with E-state index < -0.39 is 5.54 Å². The van der Waals surface area contributed by atoms with Crippen LogP contribution in [0.25, 0.3) is 0 Å². The van der Waals surface area contributed by atoms with E-state index in [2.05, 4.69) is 43.2 Å². The first-order valence-electron chi connectivity index (χ1n) is 16.9. The maximum atomic E-state index is 13.4. The number of hydrogen-bond acceptors (Lipinski definition) is 6. The molecule has 0 saturated heterocycles. The highest BCUT2D eigenvalue weighted by Crippen LogP contribution is 2.57. The number of halogens is 1. The number of methoxy groups -OCH3 is 1. The number of ketones is 1. The molecule has 244 valence electrons. The van der Waals surface area contributed by atoms with Gasteiger partial charge in [0, 0.05) is 33.7 Å². The number of pyridine rings is 1. The molecule has 1 heterocycles. The summed E-state index contributed by atoms with van der Waals surface area (Å²) < 4.78 is 12.0. The zero-order chi connectivity index (χ0) is 32.6. The minimum absolute atomic E-state index is 0.0866. The van der Waals surface area contributed by atoms with Gasteiger partial charge >= 0.3 is 5.97 Å². The summed E-state index contributed by atoms with van der Waals surface area (Å²) in [7, 11) is 1.46. The topological polar surface area (TPSA) is 77.5 Å². The van der Waals surface area contributed by atoms with E-state index in [-0.39, 0.29) is 17.2 Å². The number of hydrogen-bond donors (Lipinski definition) is 1. The number of nitrogens with zero attached hydrogens (tertiary/aromatic N) is 1. The Morgan fingerprint density at radius 2 is 1.91 bits per heavy atom. The van der Waals surface area contributed by atoms with Crippen molar-refractivity contribution in [3.63, 3.8) is 0 Å². The number of fused-ring (bicyclic) bond motifs is 3. The van der Waals surface area contributed by atoms with E-state index in [0.717, 1.165) is 49.1 Å². The zero-order valence-electron chi connectivity index (χ0n) is 27.9. The lowest BCUT2D eigenvalue weighted by Gasteiger charge is -2.48. The number of aromatic nitrogens is 1. The Morgan fingerprint density at radius 1 is 1.13 bits per heavy atom. The molecule has 0 amide bonds. The molecule has 3 atom stereocenters. The Morgan fingerprint density at radius 3 is 2.63 bits per heavy atom. The number of rotatable bonds is 9. The number of anilines is 1. The van der Waals surface area contributed by atoms with Crippen molar-refractivity contribution in [3.05, 3.63) is 87.2 Å². The van der Waals surface area contributed by atoms with Gasteiger partial charge in [-0.05, 0) is 148 Å². The molecule has 1 saturated carbocycles. The monoisotopic (exact) mass is 642 g/mol. The van der Waals surface area contributed by atoms with E-state index >= 15 is 0 Å². The van der Waals surface area contributed by atoms with Crippen LogP contribution in [0.5, 0.6) is 5.75 Å². The van der Waals surface area contributed by atoms with Gasteiger partial charge in [-0.3, -0.25) is 9.78 Å². The standard InChI is InChI=1S/C39H47ClN2O4/c1-24(23-46-35-12-17-41-34-11-6-8-25(2)36(34)35)18-29-21-32-26(3)19-28(27(4)43)20-33(32)38(29)13-15-39(16-14-38,37(44)45-5)42-31-10-7-9-30(40)22-31/h7,9-10,12,17,19-20,22,24-25,29,42H,6,8,11,13-16,18,21,23H2,1-5H3/t24-,25-,29?,38?,39?/m1/s1. The smallest absolute Gasteiger partial charge is 0.331 e. The highest BCUT2D eigenvalue weighted by molar-refractivity contribution is 6.30. The Kier molecular flexibility index (Phi) is 9.22. The van der Waals surface area contributed by atoms with Crippen LogP contribution in [-0.2, 0) is 27.8 Å². The van der Waals surface area contributed by atoms with E-state index in [1.54, 1.807) is 6.92 Å². The van der Waals surface area contributed by atoms with Gasteiger partial charge in [-0.15, -0.1) is 0 Å². The Hall–Kier alpha value is -3.38. The fourth-order valence-electron chi connectivity index (χ4n) is 8.78. The third-order valence-corrected chi connectivity index (χ3v) is 11.4. The first-order chi connectivity index (χ1) is 22.0. The van der Waals surface area contributed by atoms with Gasteiger partial charge in [-0.2, -0.15) is 0 Å². The fourth-order valence-corrected chi connectivity index (χ4v) is 8.97. The molecule has 3 aliphatic carbocycles. The summed E-state index contributed by atoms with van der Waals surface area (Å²) in [5.74, 6) is 1.98. The number of Topliss-reactive ketones (excluding diaryl/α,β-unsaturated/α-hetero) is 1. The van der Waals surface area contributed by atoms with E-state index in [1.807, 2.05) is 36.5 Å². The highest BCUT2D eigenvalue weighted by Gasteiger charge is 2.54. The number of esters is 1. The maximum absolute atomic E-state index is 13.4. The summed E-state index contributed by atoms with van der Waals surface area (Å²) in [6.07, 6.45) is 10.1. The third-order valence-electron chi connectivity index (χ3n) is 11.2. The number of nitrogens with one attached hydrogen (secondary N) is 1. The van der Waals surface area contributed by atoms with E-state index in [4.69, 9.17) is 21.1 Å².